The fourth-order valence-electron chi connectivity index (χ4n) is 6.56. The van der Waals surface area contributed by atoms with Crippen molar-refractivity contribution in [2.45, 2.75) is 64.1 Å². The van der Waals surface area contributed by atoms with E-state index in [1.54, 1.807) is 7.11 Å². The van der Waals surface area contributed by atoms with Gasteiger partial charge < -0.3 is 14.8 Å². The van der Waals surface area contributed by atoms with Crippen LogP contribution in [0.3, 0.4) is 0 Å². The van der Waals surface area contributed by atoms with Crippen molar-refractivity contribution >= 4 is 0 Å². The summed E-state index contributed by atoms with van der Waals surface area (Å²) in [6, 6.07) is 14.7. The molecule has 0 aliphatic heterocycles. The summed E-state index contributed by atoms with van der Waals surface area (Å²) in [6.45, 7) is 3.56. The van der Waals surface area contributed by atoms with E-state index in [9.17, 15) is 0 Å². The van der Waals surface area contributed by atoms with Crippen LogP contribution in [0.4, 0.5) is 0 Å². The van der Waals surface area contributed by atoms with Gasteiger partial charge in [0.2, 0.25) is 0 Å². The molecule has 4 aliphatic rings. The first-order chi connectivity index (χ1) is 14.1. The molecule has 0 atom stereocenters. The van der Waals surface area contributed by atoms with Crippen molar-refractivity contribution in [3.05, 3.63) is 59.2 Å². The van der Waals surface area contributed by atoms with E-state index in [4.69, 9.17) is 9.47 Å². The second-order valence-corrected chi connectivity index (χ2v) is 9.72. The minimum Gasteiger partial charge on any atom is -0.493 e. The predicted molar refractivity (Wildman–Crippen MR) is 116 cm³/mol. The second kappa shape index (κ2) is 7.68. The molecule has 0 amide bonds. The van der Waals surface area contributed by atoms with E-state index in [1.807, 2.05) is 6.07 Å². The summed E-state index contributed by atoms with van der Waals surface area (Å²) in [5.74, 6) is 4.57. The highest BCUT2D eigenvalue weighted by Crippen LogP contribution is 2.55. The van der Waals surface area contributed by atoms with Gasteiger partial charge in [-0.25, -0.2) is 0 Å². The second-order valence-electron chi connectivity index (χ2n) is 9.72. The van der Waals surface area contributed by atoms with Gasteiger partial charge in [-0.15, -0.1) is 0 Å². The number of nitrogens with one attached hydrogen (secondary N) is 1. The zero-order valence-corrected chi connectivity index (χ0v) is 17.7. The molecule has 6 rings (SSSR count). The van der Waals surface area contributed by atoms with E-state index in [1.165, 1.54) is 55.2 Å². The van der Waals surface area contributed by atoms with Gasteiger partial charge in [-0.1, -0.05) is 36.4 Å². The quantitative estimate of drug-likeness (QED) is 0.662. The van der Waals surface area contributed by atoms with Crippen LogP contribution in [0.5, 0.6) is 11.5 Å². The molecule has 29 heavy (non-hydrogen) atoms. The SMILES string of the molecule is COc1cccc(CNC23CC4CC(CC(C4)C2)C3)c1OCc1ccccc1C. The molecule has 0 aromatic heterocycles. The standard InChI is InChI=1S/C26H33NO2/c1-18-6-3-4-7-23(18)17-29-25-22(8-5-9-24(25)28-2)16-27-26-13-19-10-20(14-26)12-21(11-19)15-26/h3-9,19-21,27H,10-17H2,1-2H3. The third kappa shape index (κ3) is 3.77. The Kier molecular flexibility index (Phi) is 5.03. The predicted octanol–water partition coefficient (Wildman–Crippen LogP) is 5.64. The zero-order valence-electron chi connectivity index (χ0n) is 17.7. The van der Waals surface area contributed by atoms with Crippen molar-refractivity contribution in [3.63, 3.8) is 0 Å². The molecule has 3 heteroatoms. The van der Waals surface area contributed by atoms with E-state index in [0.717, 1.165) is 35.8 Å². The number of aryl methyl sites for hydroxylation is 1. The minimum absolute atomic E-state index is 0.352. The molecule has 4 fully saturated rings. The number of ether oxygens (including phenoxy) is 2. The van der Waals surface area contributed by atoms with Crippen molar-refractivity contribution in [2.75, 3.05) is 7.11 Å². The summed E-state index contributed by atoms with van der Waals surface area (Å²) in [5, 5.41) is 4.01. The lowest BCUT2D eigenvalue weighted by molar-refractivity contribution is -0.0206. The van der Waals surface area contributed by atoms with Crippen LogP contribution in [0.15, 0.2) is 42.5 Å². The van der Waals surface area contributed by atoms with Gasteiger partial charge in [-0.05, 0) is 80.4 Å². The Balaban J connectivity index is 1.33. The average molecular weight is 392 g/mol. The van der Waals surface area contributed by atoms with E-state index in [2.05, 4.69) is 48.6 Å². The van der Waals surface area contributed by atoms with E-state index >= 15 is 0 Å². The highest BCUT2D eigenvalue weighted by molar-refractivity contribution is 5.47. The molecule has 0 spiro atoms. The third-order valence-corrected chi connectivity index (χ3v) is 7.61. The number of hydrogen-bond acceptors (Lipinski definition) is 3. The molecule has 154 valence electrons. The fourth-order valence-corrected chi connectivity index (χ4v) is 6.56. The Morgan fingerprint density at radius 2 is 1.55 bits per heavy atom. The Labute approximate surface area is 174 Å². The topological polar surface area (TPSA) is 30.5 Å². The highest BCUT2D eigenvalue weighted by atomic mass is 16.5. The van der Waals surface area contributed by atoms with Crippen molar-refractivity contribution in [1.29, 1.82) is 0 Å². The molecule has 3 nitrogen and oxygen atoms in total. The van der Waals surface area contributed by atoms with Crippen molar-refractivity contribution in [3.8, 4) is 11.5 Å². The van der Waals surface area contributed by atoms with E-state index in [-0.39, 0.29) is 0 Å². The van der Waals surface area contributed by atoms with Crippen LogP contribution in [0.2, 0.25) is 0 Å². The Morgan fingerprint density at radius 3 is 2.21 bits per heavy atom. The summed E-state index contributed by atoms with van der Waals surface area (Å²) < 4.78 is 12.0. The van der Waals surface area contributed by atoms with Crippen molar-refractivity contribution < 1.29 is 9.47 Å². The minimum atomic E-state index is 0.352. The lowest BCUT2D eigenvalue weighted by Crippen LogP contribution is -2.58. The van der Waals surface area contributed by atoms with Gasteiger partial charge in [0.25, 0.3) is 0 Å². The zero-order chi connectivity index (χ0) is 19.8. The molecule has 2 aromatic carbocycles. The maximum absolute atomic E-state index is 6.33. The molecule has 4 saturated carbocycles. The summed E-state index contributed by atoms with van der Waals surface area (Å²) in [6.07, 6.45) is 8.52. The highest BCUT2D eigenvalue weighted by Gasteiger charge is 2.50. The monoisotopic (exact) mass is 391 g/mol. The molecule has 4 aliphatic carbocycles. The molecule has 1 N–H and O–H groups in total. The van der Waals surface area contributed by atoms with Crippen LogP contribution >= 0.6 is 0 Å². The summed E-state index contributed by atoms with van der Waals surface area (Å²) in [7, 11) is 1.73. The largest absolute Gasteiger partial charge is 0.493 e. The molecule has 4 bridgehead atoms. The first-order valence-corrected chi connectivity index (χ1v) is 11.2. The van der Waals surface area contributed by atoms with Crippen LogP contribution in [-0.2, 0) is 13.2 Å². The Morgan fingerprint density at radius 1 is 0.897 bits per heavy atom. The first kappa shape index (κ1) is 19.0. The van der Waals surface area contributed by atoms with Gasteiger partial charge in [0, 0.05) is 17.6 Å². The maximum Gasteiger partial charge on any atom is 0.166 e. The Bertz CT molecular complexity index is 839. The van der Waals surface area contributed by atoms with Crippen molar-refractivity contribution in [2.24, 2.45) is 17.8 Å². The van der Waals surface area contributed by atoms with Gasteiger partial charge in [0.1, 0.15) is 6.61 Å². The molecule has 0 radical (unpaired) electrons. The number of methoxy groups -OCH3 is 1. The normalized spacial score (nSPS) is 29.8. The van der Waals surface area contributed by atoms with Crippen LogP contribution in [-0.4, -0.2) is 12.6 Å². The summed E-state index contributed by atoms with van der Waals surface area (Å²) in [4.78, 5) is 0. The lowest BCUT2D eigenvalue weighted by Gasteiger charge is -2.57. The Hall–Kier alpha value is -2.00. The van der Waals surface area contributed by atoms with Crippen LogP contribution in [0, 0.1) is 24.7 Å². The van der Waals surface area contributed by atoms with Crippen molar-refractivity contribution in [1.82, 2.24) is 5.32 Å². The molecule has 0 saturated heterocycles. The summed E-state index contributed by atoms with van der Waals surface area (Å²) in [5.41, 5.74) is 4.04. The van der Waals surface area contributed by atoms with Gasteiger partial charge in [-0.2, -0.15) is 0 Å². The molecular weight excluding hydrogens is 358 g/mol. The van der Waals surface area contributed by atoms with Crippen LogP contribution in [0.1, 0.15) is 55.2 Å². The van der Waals surface area contributed by atoms with E-state index < -0.39 is 0 Å². The molecule has 2 aromatic rings. The molecule has 0 unspecified atom stereocenters. The number of rotatable bonds is 7. The van der Waals surface area contributed by atoms with E-state index in [0.29, 0.717) is 12.1 Å². The number of hydrogen-bond donors (Lipinski definition) is 1. The van der Waals surface area contributed by atoms with Crippen LogP contribution < -0.4 is 14.8 Å². The number of benzene rings is 2. The van der Waals surface area contributed by atoms with Crippen LogP contribution in [0.25, 0.3) is 0 Å². The van der Waals surface area contributed by atoms with Gasteiger partial charge in [0.05, 0.1) is 7.11 Å². The average Bonchev–Trinajstić information content (AvgIpc) is 2.71. The molecular formula is C26H33NO2. The molecule has 0 heterocycles. The number of para-hydroxylation sites is 1. The summed E-state index contributed by atoms with van der Waals surface area (Å²) >= 11 is 0. The van der Waals surface area contributed by atoms with Gasteiger partial charge >= 0.3 is 0 Å². The van der Waals surface area contributed by atoms with Gasteiger partial charge in [0.15, 0.2) is 11.5 Å². The maximum atomic E-state index is 6.33. The van der Waals surface area contributed by atoms with Gasteiger partial charge in [-0.3, -0.25) is 0 Å². The third-order valence-electron chi connectivity index (χ3n) is 7.61. The first-order valence-electron chi connectivity index (χ1n) is 11.2. The fraction of sp³-hybridized carbons (Fsp3) is 0.538. The lowest BCUT2D eigenvalue weighted by atomic mass is 9.53. The smallest absolute Gasteiger partial charge is 0.166 e.